The smallest absolute Gasteiger partial charge is 0.123 e. The SMILES string of the molecule is CN(Cc1cccnc1)Cc1cn2c(n1)CN(Cc1cccnc1)CC2. The molecule has 0 bridgehead atoms. The Labute approximate surface area is 154 Å². The van der Waals surface area contributed by atoms with Crippen LogP contribution in [-0.2, 0) is 32.7 Å². The zero-order chi connectivity index (χ0) is 17.8. The zero-order valence-corrected chi connectivity index (χ0v) is 15.1. The summed E-state index contributed by atoms with van der Waals surface area (Å²) in [5, 5.41) is 0. The summed E-state index contributed by atoms with van der Waals surface area (Å²) in [5.74, 6) is 1.16. The molecule has 0 N–H and O–H groups in total. The number of rotatable bonds is 6. The van der Waals surface area contributed by atoms with Crippen molar-refractivity contribution in [1.29, 1.82) is 0 Å². The number of fused-ring (bicyclic) bond motifs is 1. The van der Waals surface area contributed by atoms with Crippen LogP contribution in [0.3, 0.4) is 0 Å². The topological polar surface area (TPSA) is 50.1 Å². The van der Waals surface area contributed by atoms with Gasteiger partial charge in [0.2, 0.25) is 0 Å². The van der Waals surface area contributed by atoms with E-state index < -0.39 is 0 Å². The summed E-state index contributed by atoms with van der Waals surface area (Å²) in [5.41, 5.74) is 3.61. The van der Waals surface area contributed by atoms with E-state index in [9.17, 15) is 0 Å². The Morgan fingerprint density at radius 3 is 2.50 bits per heavy atom. The second-order valence-electron chi connectivity index (χ2n) is 6.95. The fraction of sp³-hybridized carbons (Fsp3) is 0.350. The molecule has 6 nitrogen and oxygen atoms in total. The molecule has 0 spiro atoms. The van der Waals surface area contributed by atoms with Crippen LogP contribution in [0.2, 0.25) is 0 Å². The van der Waals surface area contributed by atoms with Gasteiger partial charge in [0.15, 0.2) is 0 Å². The van der Waals surface area contributed by atoms with Gasteiger partial charge in [-0.15, -0.1) is 0 Å². The second kappa shape index (κ2) is 7.76. The van der Waals surface area contributed by atoms with Crippen LogP contribution in [0.5, 0.6) is 0 Å². The summed E-state index contributed by atoms with van der Waals surface area (Å²) in [7, 11) is 2.13. The standard InChI is InChI=1S/C20H24N6/c1-24(12-17-4-2-6-21-10-17)14-19-15-26-9-8-25(16-20(26)23-19)13-18-5-3-7-22-11-18/h2-7,10-11,15H,8-9,12-14,16H2,1H3. The largest absolute Gasteiger partial charge is 0.332 e. The van der Waals surface area contributed by atoms with Crippen LogP contribution in [0.15, 0.2) is 55.2 Å². The van der Waals surface area contributed by atoms with E-state index in [0.29, 0.717) is 0 Å². The Bertz CT molecular complexity index is 830. The van der Waals surface area contributed by atoms with E-state index in [1.54, 1.807) is 0 Å². The van der Waals surface area contributed by atoms with Gasteiger partial charge < -0.3 is 4.57 Å². The minimum absolute atomic E-state index is 0.845. The minimum atomic E-state index is 0.845. The van der Waals surface area contributed by atoms with Crippen LogP contribution < -0.4 is 0 Å². The second-order valence-corrected chi connectivity index (χ2v) is 6.95. The van der Waals surface area contributed by atoms with E-state index >= 15 is 0 Å². The molecule has 4 heterocycles. The van der Waals surface area contributed by atoms with E-state index in [-0.39, 0.29) is 0 Å². The third-order valence-electron chi connectivity index (χ3n) is 4.67. The van der Waals surface area contributed by atoms with Crippen molar-refractivity contribution in [2.24, 2.45) is 0 Å². The van der Waals surface area contributed by atoms with Crippen molar-refractivity contribution in [3.8, 4) is 0 Å². The van der Waals surface area contributed by atoms with Gasteiger partial charge in [0.25, 0.3) is 0 Å². The lowest BCUT2D eigenvalue weighted by Gasteiger charge is -2.27. The van der Waals surface area contributed by atoms with E-state index in [2.05, 4.69) is 49.7 Å². The van der Waals surface area contributed by atoms with Crippen LogP contribution >= 0.6 is 0 Å². The van der Waals surface area contributed by atoms with Gasteiger partial charge in [0, 0.05) is 63.7 Å². The first kappa shape index (κ1) is 16.9. The van der Waals surface area contributed by atoms with Gasteiger partial charge in [-0.2, -0.15) is 0 Å². The number of nitrogens with zero attached hydrogens (tertiary/aromatic N) is 6. The van der Waals surface area contributed by atoms with Crippen LogP contribution in [0.4, 0.5) is 0 Å². The van der Waals surface area contributed by atoms with Crippen LogP contribution in [0, 0.1) is 0 Å². The number of pyridine rings is 2. The number of imidazole rings is 1. The summed E-state index contributed by atoms with van der Waals surface area (Å²) in [6.45, 7) is 5.58. The van der Waals surface area contributed by atoms with Crippen molar-refractivity contribution < 1.29 is 0 Å². The van der Waals surface area contributed by atoms with E-state index in [0.717, 1.165) is 50.8 Å². The Morgan fingerprint density at radius 2 is 1.77 bits per heavy atom. The monoisotopic (exact) mass is 348 g/mol. The molecule has 26 heavy (non-hydrogen) atoms. The predicted molar refractivity (Wildman–Crippen MR) is 100.0 cm³/mol. The van der Waals surface area contributed by atoms with Gasteiger partial charge in [-0.25, -0.2) is 4.98 Å². The van der Waals surface area contributed by atoms with Crippen LogP contribution in [-0.4, -0.2) is 42.9 Å². The number of hydrogen-bond donors (Lipinski definition) is 0. The maximum Gasteiger partial charge on any atom is 0.123 e. The summed E-state index contributed by atoms with van der Waals surface area (Å²) in [6.07, 6.45) is 9.70. The molecule has 0 saturated carbocycles. The lowest BCUT2D eigenvalue weighted by Crippen LogP contribution is -2.33. The molecule has 0 unspecified atom stereocenters. The summed E-state index contributed by atoms with van der Waals surface area (Å²) >= 11 is 0. The highest BCUT2D eigenvalue weighted by atomic mass is 15.2. The zero-order valence-electron chi connectivity index (χ0n) is 15.1. The number of aromatic nitrogens is 4. The highest BCUT2D eigenvalue weighted by Gasteiger charge is 2.19. The highest BCUT2D eigenvalue weighted by molar-refractivity contribution is 5.11. The first-order valence-corrected chi connectivity index (χ1v) is 9.00. The molecule has 134 valence electrons. The van der Waals surface area contributed by atoms with Gasteiger partial charge in [-0.05, 0) is 30.3 Å². The molecule has 1 aliphatic rings. The Balaban J connectivity index is 1.36. The van der Waals surface area contributed by atoms with Crippen molar-refractivity contribution in [2.45, 2.75) is 32.7 Å². The van der Waals surface area contributed by atoms with Crippen molar-refractivity contribution >= 4 is 0 Å². The molecule has 0 aromatic carbocycles. The molecule has 4 rings (SSSR count). The molecule has 0 atom stereocenters. The average Bonchev–Trinajstić information content (AvgIpc) is 3.04. The first-order chi connectivity index (χ1) is 12.8. The first-order valence-electron chi connectivity index (χ1n) is 9.00. The van der Waals surface area contributed by atoms with Gasteiger partial charge in [-0.1, -0.05) is 12.1 Å². The Morgan fingerprint density at radius 1 is 1.00 bits per heavy atom. The quantitative estimate of drug-likeness (QED) is 0.684. The van der Waals surface area contributed by atoms with Crippen LogP contribution in [0.1, 0.15) is 22.6 Å². The molecule has 0 saturated heterocycles. The van der Waals surface area contributed by atoms with Gasteiger partial charge in [0.05, 0.1) is 12.2 Å². The molecular weight excluding hydrogens is 324 g/mol. The summed E-state index contributed by atoms with van der Waals surface area (Å²) in [6, 6.07) is 8.22. The predicted octanol–water partition coefficient (Wildman–Crippen LogP) is 2.32. The van der Waals surface area contributed by atoms with Crippen molar-refractivity contribution in [2.75, 3.05) is 13.6 Å². The van der Waals surface area contributed by atoms with Gasteiger partial charge >= 0.3 is 0 Å². The molecule has 3 aromatic rings. The van der Waals surface area contributed by atoms with E-state index in [4.69, 9.17) is 4.98 Å². The third-order valence-corrected chi connectivity index (χ3v) is 4.67. The Kier molecular flexibility index (Phi) is 5.04. The maximum absolute atomic E-state index is 4.87. The average molecular weight is 348 g/mol. The minimum Gasteiger partial charge on any atom is -0.332 e. The molecule has 0 amide bonds. The van der Waals surface area contributed by atoms with Crippen LogP contribution in [0.25, 0.3) is 0 Å². The van der Waals surface area contributed by atoms with Crippen molar-refractivity contribution in [3.63, 3.8) is 0 Å². The molecule has 6 heteroatoms. The molecule has 3 aromatic heterocycles. The summed E-state index contributed by atoms with van der Waals surface area (Å²) < 4.78 is 2.30. The lowest BCUT2D eigenvalue weighted by atomic mass is 10.2. The molecule has 0 radical (unpaired) electrons. The highest BCUT2D eigenvalue weighted by Crippen LogP contribution is 2.16. The van der Waals surface area contributed by atoms with Crippen molar-refractivity contribution in [1.82, 2.24) is 29.3 Å². The number of hydrogen-bond acceptors (Lipinski definition) is 5. The summed E-state index contributed by atoms with van der Waals surface area (Å²) in [4.78, 5) is 18.0. The fourth-order valence-electron chi connectivity index (χ4n) is 3.46. The van der Waals surface area contributed by atoms with E-state index in [1.807, 2.05) is 36.9 Å². The maximum atomic E-state index is 4.87. The van der Waals surface area contributed by atoms with E-state index in [1.165, 1.54) is 11.1 Å². The Hall–Kier alpha value is -2.57. The van der Waals surface area contributed by atoms with Gasteiger partial charge in [-0.3, -0.25) is 19.8 Å². The molecular formula is C20H24N6. The molecule has 0 fully saturated rings. The lowest BCUT2D eigenvalue weighted by molar-refractivity contribution is 0.208. The van der Waals surface area contributed by atoms with Gasteiger partial charge in [0.1, 0.15) is 5.82 Å². The third kappa shape index (κ3) is 4.15. The van der Waals surface area contributed by atoms with Crippen molar-refractivity contribution in [3.05, 3.63) is 77.9 Å². The molecule has 0 aliphatic carbocycles. The normalized spacial score (nSPS) is 14.5. The molecule has 1 aliphatic heterocycles. The fourth-order valence-corrected chi connectivity index (χ4v) is 3.46.